The number of hydrogen-bond acceptors (Lipinski definition) is 7. The Kier molecular flexibility index (Phi) is 8.54. The number of aromatic nitrogens is 2. The molecule has 0 spiro atoms. The van der Waals surface area contributed by atoms with E-state index in [2.05, 4.69) is 25.3 Å². The fourth-order valence-electron chi connectivity index (χ4n) is 3.37. The fraction of sp³-hybridized carbons (Fsp3) is 0.292. The van der Waals surface area contributed by atoms with E-state index in [9.17, 15) is 21.6 Å². The van der Waals surface area contributed by atoms with E-state index in [1.54, 1.807) is 12.1 Å². The third-order valence-corrected chi connectivity index (χ3v) is 6.87. The van der Waals surface area contributed by atoms with Gasteiger partial charge in [-0.1, -0.05) is 23.7 Å². The Balaban J connectivity index is 0.000000505. The van der Waals surface area contributed by atoms with Gasteiger partial charge in [0.1, 0.15) is 5.02 Å². The van der Waals surface area contributed by atoms with E-state index in [4.69, 9.17) is 21.5 Å². The number of aliphatic carboxylic acids is 1. The maximum atomic E-state index is 13.0. The molecule has 1 aromatic heterocycles. The van der Waals surface area contributed by atoms with Gasteiger partial charge in [-0.15, -0.1) is 0 Å². The molecule has 0 atom stereocenters. The summed E-state index contributed by atoms with van der Waals surface area (Å²) in [6.45, 7) is 5.43. The molecule has 2 aromatic carbocycles. The summed E-state index contributed by atoms with van der Waals surface area (Å²) in [6, 6.07) is 13.2. The minimum absolute atomic E-state index is 0.189. The van der Waals surface area contributed by atoms with E-state index in [-0.39, 0.29) is 4.90 Å². The molecule has 38 heavy (non-hydrogen) atoms. The number of anilines is 4. The van der Waals surface area contributed by atoms with E-state index in [0.29, 0.717) is 28.9 Å². The van der Waals surface area contributed by atoms with Crippen molar-refractivity contribution in [2.24, 2.45) is 0 Å². The molecule has 9 nitrogen and oxygen atoms in total. The highest BCUT2D eigenvalue weighted by Crippen LogP contribution is 2.29. The average Bonchev–Trinajstić information content (AvgIpc) is 2.78. The quantitative estimate of drug-likeness (QED) is 0.320. The lowest BCUT2D eigenvalue weighted by atomic mass is 10.0. The van der Waals surface area contributed by atoms with E-state index in [0.717, 1.165) is 23.2 Å². The topological polar surface area (TPSA) is 133 Å². The maximum absolute atomic E-state index is 13.0. The number of carboxylic acid groups (broad SMARTS) is 1. The van der Waals surface area contributed by atoms with Crippen LogP contribution in [0.15, 0.2) is 53.6 Å². The van der Waals surface area contributed by atoms with Crippen LogP contribution >= 0.6 is 11.6 Å². The van der Waals surface area contributed by atoms with Crippen molar-refractivity contribution in [3.63, 3.8) is 0 Å². The Hall–Kier alpha value is -3.42. The zero-order chi connectivity index (χ0) is 28.3. The van der Waals surface area contributed by atoms with Gasteiger partial charge >= 0.3 is 12.1 Å². The molecule has 0 saturated carbocycles. The minimum Gasteiger partial charge on any atom is -0.475 e. The smallest absolute Gasteiger partial charge is 0.475 e. The van der Waals surface area contributed by atoms with Gasteiger partial charge < -0.3 is 15.7 Å². The second-order valence-electron chi connectivity index (χ2n) is 9.36. The third kappa shape index (κ3) is 8.30. The lowest BCUT2D eigenvalue weighted by Crippen LogP contribution is -2.40. The van der Waals surface area contributed by atoms with E-state index >= 15 is 0 Å². The number of carboxylic acids is 1. The molecule has 0 unspecified atom stereocenters. The molecular weight excluding hydrogens is 547 g/mol. The zero-order valence-corrected chi connectivity index (χ0v) is 22.1. The molecular formula is C24H25ClF3N5O4S. The molecule has 14 heteroatoms. The number of benzene rings is 2. The number of fused-ring (bicyclic) bond motifs is 6. The first-order valence-electron chi connectivity index (χ1n) is 11.2. The van der Waals surface area contributed by atoms with Crippen molar-refractivity contribution in [2.75, 3.05) is 10.6 Å². The molecule has 2 heterocycles. The van der Waals surface area contributed by atoms with E-state index in [1.165, 1.54) is 6.20 Å². The van der Waals surface area contributed by atoms with Gasteiger partial charge in [0, 0.05) is 16.9 Å². The second kappa shape index (κ2) is 11.1. The largest absolute Gasteiger partial charge is 0.490 e. The van der Waals surface area contributed by atoms with Crippen LogP contribution in [0, 0.1) is 0 Å². The minimum atomic E-state index is -5.08. The Morgan fingerprint density at radius 3 is 2.29 bits per heavy atom. The monoisotopic (exact) mass is 571 g/mol. The Labute approximate surface area is 222 Å². The molecule has 0 amide bonds. The average molecular weight is 572 g/mol. The van der Waals surface area contributed by atoms with Crippen LogP contribution in [0.3, 0.4) is 0 Å². The van der Waals surface area contributed by atoms with Crippen molar-refractivity contribution in [1.82, 2.24) is 14.7 Å². The number of hydrogen-bond donors (Lipinski definition) is 4. The SMILES string of the molecule is CC(C)(C)NS(=O)(=O)c1cc2cc(c1)Nc1nc(ncc1Cl)Nc1cccc(c1)CC2.O=C(O)C(F)(F)F. The number of rotatable bonds is 2. The number of nitrogens with one attached hydrogen (secondary N) is 3. The summed E-state index contributed by atoms with van der Waals surface area (Å²) >= 11 is 6.30. The molecule has 4 rings (SSSR count). The number of alkyl halides is 3. The van der Waals surface area contributed by atoms with Crippen LogP contribution < -0.4 is 15.4 Å². The predicted octanol–water partition coefficient (Wildman–Crippen LogP) is 5.43. The van der Waals surface area contributed by atoms with Gasteiger partial charge in [0.15, 0.2) is 5.82 Å². The summed E-state index contributed by atoms with van der Waals surface area (Å²) in [4.78, 5) is 17.8. The maximum Gasteiger partial charge on any atom is 0.490 e. The molecule has 0 aliphatic carbocycles. The van der Waals surface area contributed by atoms with Crippen LogP contribution in [0.25, 0.3) is 0 Å². The zero-order valence-electron chi connectivity index (χ0n) is 20.5. The number of nitrogens with zero attached hydrogens (tertiary/aromatic N) is 2. The molecule has 1 aliphatic rings. The Bertz CT molecular complexity index is 1440. The summed E-state index contributed by atoms with van der Waals surface area (Å²) in [6.07, 6.45) is -2.15. The summed E-state index contributed by atoms with van der Waals surface area (Å²) in [7, 11) is -3.71. The third-order valence-electron chi connectivity index (χ3n) is 4.85. The van der Waals surface area contributed by atoms with Crippen LogP contribution in [0.2, 0.25) is 5.02 Å². The van der Waals surface area contributed by atoms with Gasteiger partial charge in [-0.2, -0.15) is 18.2 Å². The molecule has 0 radical (unpaired) electrons. The van der Waals surface area contributed by atoms with Gasteiger partial charge in [0.25, 0.3) is 0 Å². The molecule has 204 valence electrons. The van der Waals surface area contributed by atoms with Crippen LogP contribution in [-0.4, -0.2) is 41.2 Å². The summed E-state index contributed by atoms with van der Waals surface area (Å²) in [5, 5.41) is 13.8. The lowest BCUT2D eigenvalue weighted by Gasteiger charge is -2.21. The summed E-state index contributed by atoms with van der Waals surface area (Å²) < 4.78 is 60.5. The van der Waals surface area contributed by atoms with Crippen molar-refractivity contribution in [1.29, 1.82) is 0 Å². The van der Waals surface area contributed by atoms with Crippen LogP contribution in [0.1, 0.15) is 31.9 Å². The fourth-order valence-corrected chi connectivity index (χ4v) is 5.02. The highest BCUT2D eigenvalue weighted by atomic mass is 35.5. The Morgan fingerprint density at radius 2 is 1.66 bits per heavy atom. The van der Waals surface area contributed by atoms with E-state index < -0.39 is 27.7 Å². The number of sulfonamides is 1. The first-order valence-corrected chi connectivity index (χ1v) is 13.0. The first kappa shape index (κ1) is 29.1. The van der Waals surface area contributed by atoms with Crippen LogP contribution in [0.4, 0.5) is 36.3 Å². The molecule has 3 aromatic rings. The van der Waals surface area contributed by atoms with Crippen molar-refractivity contribution < 1.29 is 31.5 Å². The highest BCUT2D eigenvalue weighted by Gasteiger charge is 2.38. The van der Waals surface area contributed by atoms with Crippen molar-refractivity contribution in [3.8, 4) is 0 Å². The van der Waals surface area contributed by atoms with Crippen molar-refractivity contribution >= 4 is 50.7 Å². The molecule has 6 bridgehead atoms. The van der Waals surface area contributed by atoms with Crippen LogP contribution in [0.5, 0.6) is 0 Å². The van der Waals surface area contributed by atoms with Gasteiger partial charge in [-0.05, 0) is 75.1 Å². The van der Waals surface area contributed by atoms with Crippen molar-refractivity contribution in [3.05, 3.63) is 64.8 Å². The van der Waals surface area contributed by atoms with Crippen molar-refractivity contribution in [2.45, 2.75) is 50.2 Å². The predicted molar refractivity (Wildman–Crippen MR) is 138 cm³/mol. The standard InChI is InChI=1S/C22H24ClN5O2S.C2HF3O2/c1-22(2,3)28-31(29,30)18-11-15-8-7-14-5-4-6-16(9-14)26-21-24-13-19(23)20(27-21)25-17(10-15)12-18;3-2(4,5)1(6)7/h4-6,9-13,28H,7-8H2,1-3H3,(H2,24,25,26,27);(H,6,7). The molecule has 0 saturated heterocycles. The molecule has 0 fully saturated rings. The number of halogens is 4. The number of carbonyl (C=O) groups is 1. The van der Waals surface area contributed by atoms with Gasteiger partial charge in [-0.25, -0.2) is 22.9 Å². The highest BCUT2D eigenvalue weighted by molar-refractivity contribution is 7.89. The second-order valence-corrected chi connectivity index (χ2v) is 11.5. The van der Waals surface area contributed by atoms with Gasteiger partial charge in [0.2, 0.25) is 16.0 Å². The summed E-state index contributed by atoms with van der Waals surface area (Å²) in [5.74, 6) is -1.98. The molecule has 4 N–H and O–H groups in total. The lowest BCUT2D eigenvalue weighted by molar-refractivity contribution is -0.192. The Morgan fingerprint density at radius 1 is 1.03 bits per heavy atom. The first-order chi connectivity index (χ1) is 17.5. The normalized spacial score (nSPS) is 13.3. The van der Waals surface area contributed by atoms with Crippen LogP contribution in [-0.2, 0) is 27.7 Å². The molecule has 1 aliphatic heterocycles. The van der Waals surface area contributed by atoms with E-state index in [1.807, 2.05) is 51.1 Å². The summed E-state index contributed by atoms with van der Waals surface area (Å²) in [5.41, 5.74) is 2.87. The van der Waals surface area contributed by atoms with Gasteiger partial charge in [-0.3, -0.25) is 0 Å². The number of aryl methyl sites for hydroxylation is 2. The van der Waals surface area contributed by atoms with Gasteiger partial charge in [0.05, 0.1) is 11.1 Å².